The van der Waals surface area contributed by atoms with Crippen molar-refractivity contribution in [1.29, 1.82) is 0 Å². The summed E-state index contributed by atoms with van der Waals surface area (Å²) in [5.41, 5.74) is 9.22. The Balaban J connectivity index is 1.75. The van der Waals surface area contributed by atoms with Crippen LogP contribution in [-0.4, -0.2) is 9.97 Å². The van der Waals surface area contributed by atoms with E-state index in [0.717, 1.165) is 16.8 Å². The number of benzene rings is 2. The van der Waals surface area contributed by atoms with Crippen molar-refractivity contribution >= 4 is 34.6 Å². The normalized spacial score (nSPS) is 10.5. The summed E-state index contributed by atoms with van der Waals surface area (Å²) in [5, 5.41) is 6.93. The van der Waals surface area contributed by atoms with Crippen LogP contribution in [0.5, 0.6) is 0 Å². The van der Waals surface area contributed by atoms with Gasteiger partial charge < -0.3 is 16.4 Å². The monoisotopic (exact) mass is 357 g/mol. The van der Waals surface area contributed by atoms with Crippen molar-refractivity contribution in [3.05, 3.63) is 70.8 Å². The van der Waals surface area contributed by atoms with Crippen LogP contribution in [0, 0.1) is 12.7 Å². The molecule has 0 radical (unpaired) electrons. The molecule has 0 aliphatic heterocycles. The van der Waals surface area contributed by atoms with Crippen LogP contribution in [0.2, 0.25) is 5.02 Å². The summed E-state index contributed by atoms with van der Waals surface area (Å²) in [4.78, 5) is 8.33. The van der Waals surface area contributed by atoms with Crippen LogP contribution in [0.1, 0.15) is 11.1 Å². The number of aromatic nitrogens is 2. The topological polar surface area (TPSA) is 75.9 Å². The molecule has 7 heteroatoms. The van der Waals surface area contributed by atoms with Crippen molar-refractivity contribution in [2.75, 3.05) is 16.4 Å². The highest BCUT2D eigenvalue weighted by Crippen LogP contribution is 2.28. The fourth-order valence-electron chi connectivity index (χ4n) is 2.23. The Morgan fingerprint density at radius 1 is 1.08 bits per heavy atom. The lowest BCUT2D eigenvalue weighted by Crippen LogP contribution is -2.08. The van der Waals surface area contributed by atoms with E-state index in [1.54, 1.807) is 12.1 Å². The molecule has 0 saturated carbocycles. The molecule has 0 aliphatic carbocycles. The van der Waals surface area contributed by atoms with Crippen LogP contribution in [0.4, 0.5) is 27.4 Å². The van der Waals surface area contributed by atoms with E-state index in [9.17, 15) is 4.39 Å². The first-order chi connectivity index (χ1) is 12.0. The smallest absolute Gasteiger partial charge is 0.159 e. The fraction of sp³-hybridized carbons (Fsp3) is 0.111. The lowest BCUT2D eigenvalue weighted by molar-refractivity contribution is 0.627. The molecule has 0 spiro atoms. The zero-order chi connectivity index (χ0) is 17.8. The molecule has 0 bridgehead atoms. The molecule has 2 aromatic carbocycles. The van der Waals surface area contributed by atoms with Gasteiger partial charge in [-0.05, 0) is 42.3 Å². The van der Waals surface area contributed by atoms with Crippen molar-refractivity contribution in [1.82, 2.24) is 9.97 Å². The standard InChI is InChI=1S/C18H17ClFN5/c1-11-2-7-14(8-15(11)19)25-18-16(21)17(23-10-24-18)22-9-12-3-5-13(20)6-4-12/h2-8,10H,9,21H2,1H3,(H2,22,23,24,25). The van der Waals surface area contributed by atoms with E-state index in [1.165, 1.54) is 18.5 Å². The molecule has 0 atom stereocenters. The van der Waals surface area contributed by atoms with E-state index in [1.807, 2.05) is 25.1 Å². The van der Waals surface area contributed by atoms with Gasteiger partial charge in [-0.3, -0.25) is 0 Å². The number of nitrogen functional groups attached to an aromatic ring is 1. The average Bonchev–Trinajstić information content (AvgIpc) is 2.60. The maximum Gasteiger partial charge on any atom is 0.159 e. The van der Waals surface area contributed by atoms with Crippen LogP contribution < -0.4 is 16.4 Å². The van der Waals surface area contributed by atoms with Crippen LogP contribution >= 0.6 is 11.6 Å². The van der Waals surface area contributed by atoms with E-state index < -0.39 is 0 Å². The number of anilines is 4. The van der Waals surface area contributed by atoms with Crippen molar-refractivity contribution in [3.8, 4) is 0 Å². The molecule has 1 aromatic heterocycles. The summed E-state index contributed by atoms with van der Waals surface area (Å²) in [6.07, 6.45) is 1.42. The number of rotatable bonds is 5. The van der Waals surface area contributed by atoms with Gasteiger partial charge in [0.2, 0.25) is 0 Å². The minimum absolute atomic E-state index is 0.270. The third-order valence-electron chi connectivity index (χ3n) is 3.69. The lowest BCUT2D eigenvalue weighted by atomic mass is 10.2. The number of hydrogen-bond donors (Lipinski definition) is 3. The Morgan fingerprint density at radius 3 is 2.52 bits per heavy atom. The van der Waals surface area contributed by atoms with Gasteiger partial charge in [0.1, 0.15) is 17.8 Å². The number of aryl methyl sites for hydroxylation is 1. The van der Waals surface area contributed by atoms with Crippen molar-refractivity contribution in [3.63, 3.8) is 0 Å². The molecule has 4 N–H and O–H groups in total. The molecule has 128 valence electrons. The molecule has 0 amide bonds. The fourth-order valence-corrected chi connectivity index (χ4v) is 2.41. The molecule has 3 rings (SSSR count). The number of nitrogens with two attached hydrogens (primary N) is 1. The third-order valence-corrected chi connectivity index (χ3v) is 4.10. The lowest BCUT2D eigenvalue weighted by Gasteiger charge is -2.13. The summed E-state index contributed by atoms with van der Waals surface area (Å²) < 4.78 is 12.9. The second-order valence-electron chi connectivity index (χ2n) is 5.55. The number of hydrogen-bond acceptors (Lipinski definition) is 5. The minimum atomic E-state index is -0.270. The van der Waals surface area contributed by atoms with Gasteiger partial charge in [-0.15, -0.1) is 0 Å². The predicted molar refractivity (Wildman–Crippen MR) is 99.6 cm³/mol. The first-order valence-electron chi connectivity index (χ1n) is 7.65. The number of nitrogens with one attached hydrogen (secondary N) is 2. The Hall–Kier alpha value is -2.86. The van der Waals surface area contributed by atoms with Gasteiger partial charge in [-0.25, -0.2) is 14.4 Å². The van der Waals surface area contributed by atoms with Gasteiger partial charge in [-0.1, -0.05) is 29.8 Å². The van der Waals surface area contributed by atoms with Gasteiger partial charge >= 0.3 is 0 Å². The first-order valence-corrected chi connectivity index (χ1v) is 8.02. The van der Waals surface area contributed by atoms with E-state index in [-0.39, 0.29) is 5.82 Å². The van der Waals surface area contributed by atoms with E-state index in [4.69, 9.17) is 17.3 Å². The Kier molecular flexibility index (Phi) is 5.00. The summed E-state index contributed by atoms with van der Waals surface area (Å²) in [7, 11) is 0. The van der Waals surface area contributed by atoms with E-state index in [0.29, 0.717) is 28.9 Å². The highest BCUT2D eigenvalue weighted by Gasteiger charge is 2.09. The Bertz CT molecular complexity index is 883. The molecule has 1 heterocycles. The first kappa shape index (κ1) is 17.0. The predicted octanol–water partition coefficient (Wildman–Crippen LogP) is 4.52. The van der Waals surface area contributed by atoms with Gasteiger partial charge in [0.15, 0.2) is 11.6 Å². The Morgan fingerprint density at radius 2 is 1.80 bits per heavy atom. The van der Waals surface area contributed by atoms with Crippen molar-refractivity contribution in [2.24, 2.45) is 0 Å². The Labute approximate surface area is 150 Å². The maximum absolute atomic E-state index is 12.9. The third kappa shape index (κ3) is 4.16. The zero-order valence-electron chi connectivity index (χ0n) is 13.6. The summed E-state index contributed by atoms with van der Waals surface area (Å²) >= 11 is 6.14. The molecule has 3 aromatic rings. The largest absolute Gasteiger partial charge is 0.393 e. The summed E-state index contributed by atoms with van der Waals surface area (Å²) in [5.74, 6) is 0.713. The van der Waals surface area contributed by atoms with Crippen molar-refractivity contribution in [2.45, 2.75) is 13.5 Å². The van der Waals surface area contributed by atoms with Crippen LogP contribution in [0.3, 0.4) is 0 Å². The molecule has 0 saturated heterocycles. The number of halogens is 2. The second-order valence-corrected chi connectivity index (χ2v) is 5.96. The highest BCUT2D eigenvalue weighted by atomic mass is 35.5. The van der Waals surface area contributed by atoms with E-state index in [2.05, 4.69) is 20.6 Å². The summed E-state index contributed by atoms with van der Waals surface area (Å²) in [6, 6.07) is 11.8. The highest BCUT2D eigenvalue weighted by molar-refractivity contribution is 6.31. The quantitative estimate of drug-likeness (QED) is 0.626. The zero-order valence-corrected chi connectivity index (χ0v) is 14.3. The molecular formula is C18H17ClFN5. The summed E-state index contributed by atoms with van der Waals surface area (Å²) in [6.45, 7) is 2.40. The molecule has 25 heavy (non-hydrogen) atoms. The SMILES string of the molecule is Cc1ccc(Nc2ncnc(NCc3ccc(F)cc3)c2N)cc1Cl. The maximum atomic E-state index is 12.9. The van der Waals surface area contributed by atoms with Crippen LogP contribution in [-0.2, 0) is 6.54 Å². The van der Waals surface area contributed by atoms with Crippen LogP contribution in [0.25, 0.3) is 0 Å². The molecule has 5 nitrogen and oxygen atoms in total. The van der Waals surface area contributed by atoms with Gasteiger partial charge in [0.05, 0.1) is 0 Å². The van der Waals surface area contributed by atoms with Gasteiger partial charge in [0.25, 0.3) is 0 Å². The van der Waals surface area contributed by atoms with Gasteiger partial charge in [-0.2, -0.15) is 0 Å². The second kappa shape index (κ2) is 7.36. The molecule has 0 aliphatic rings. The minimum Gasteiger partial charge on any atom is -0.393 e. The van der Waals surface area contributed by atoms with Crippen molar-refractivity contribution < 1.29 is 4.39 Å². The number of nitrogens with zero attached hydrogens (tertiary/aromatic N) is 2. The van der Waals surface area contributed by atoms with Gasteiger partial charge in [0, 0.05) is 17.3 Å². The molecule has 0 fully saturated rings. The molecular weight excluding hydrogens is 341 g/mol. The average molecular weight is 358 g/mol. The molecule has 0 unspecified atom stereocenters. The van der Waals surface area contributed by atoms with Crippen LogP contribution in [0.15, 0.2) is 48.8 Å². The van der Waals surface area contributed by atoms with E-state index >= 15 is 0 Å².